The van der Waals surface area contributed by atoms with Crippen LogP contribution in [0.5, 0.6) is 0 Å². The Bertz CT molecular complexity index is 713. The van der Waals surface area contributed by atoms with Crippen LogP contribution in [0.25, 0.3) is 0 Å². The number of carbonyl (C=O) groups excluding carboxylic acids is 3. The molecule has 1 aromatic carbocycles. The lowest BCUT2D eigenvalue weighted by Crippen LogP contribution is -2.55. The summed E-state index contributed by atoms with van der Waals surface area (Å²) in [5.74, 6) is -0.578. The van der Waals surface area contributed by atoms with Crippen LogP contribution in [0, 0.1) is 5.41 Å². The molecular weight excluding hydrogens is 332 g/mol. The third-order valence-corrected chi connectivity index (χ3v) is 4.24. The van der Waals surface area contributed by atoms with Gasteiger partial charge in [0.15, 0.2) is 0 Å². The van der Waals surface area contributed by atoms with Gasteiger partial charge in [0.05, 0.1) is 12.5 Å². The minimum atomic E-state index is -0.623. The van der Waals surface area contributed by atoms with Crippen LogP contribution in [-0.4, -0.2) is 41.0 Å². The van der Waals surface area contributed by atoms with Crippen LogP contribution in [0.1, 0.15) is 57.5 Å². The second-order valence-electron chi connectivity index (χ2n) is 8.71. The highest BCUT2D eigenvalue weighted by Gasteiger charge is 2.36. The first-order chi connectivity index (χ1) is 11.9. The van der Waals surface area contributed by atoms with Crippen molar-refractivity contribution in [3.05, 3.63) is 35.4 Å². The van der Waals surface area contributed by atoms with E-state index in [4.69, 9.17) is 4.74 Å². The van der Waals surface area contributed by atoms with Crippen molar-refractivity contribution in [3.8, 4) is 0 Å². The third kappa shape index (κ3) is 4.84. The highest BCUT2D eigenvalue weighted by atomic mass is 16.6. The zero-order valence-electron chi connectivity index (χ0n) is 16.4. The Kier molecular flexibility index (Phi) is 5.44. The van der Waals surface area contributed by atoms with E-state index in [1.165, 1.54) is 4.90 Å². The average Bonchev–Trinajstić information content (AvgIpc) is 2.47. The van der Waals surface area contributed by atoms with Crippen molar-refractivity contribution in [1.82, 2.24) is 10.2 Å². The van der Waals surface area contributed by atoms with Crippen LogP contribution in [0.4, 0.5) is 4.79 Å². The predicted molar refractivity (Wildman–Crippen MR) is 98.8 cm³/mol. The normalized spacial score (nSPS) is 16.2. The number of hydrogen-bond donors (Lipinski definition) is 1. The van der Waals surface area contributed by atoms with Gasteiger partial charge >= 0.3 is 6.09 Å². The summed E-state index contributed by atoms with van der Waals surface area (Å²) in [5, 5.41) is 2.82. The lowest BCUT2D eigenvalue weighted by Gasteiger charge is -2.37. The molecule has 3 amide bonds. The number of amides is 3. The van der Waals surface area contributed by atoms with Crippen molar-refractivity contribution in [2.75, 3.05) is 6.54 Å². The van der Waals surface area contributed by atoms with Gasteiger partial charge in [-0.2, -0.15) is 0 Å². The average molecular weight is 360 g/mol. The number of benzene rings is 1. The maximum absolute atomic E-state index is 12.8. The van der Waals surface area contributed by atoms with E-state index in [-0.39, 0.29) is 30.2 Å². The van der Waals surface area contributed by atoms with Crippen molar-refractivity contribution < 1.29 is 19.1 Å². The molecule has 1 aromatic rings. The fourth-order valence-electron chi connectivity index (χ4n) is 2.75. The van der Waals surface area contributed by atoms with Crippen LogP contribution in [-0.2, 0) is 16.0 Å². The lowest BCUT2D eigenvalue weighted by molar-refractivity contribution is -0.129. The lowest BCUT2D eigenvalue weighted by atomic mass is 9.85. The molecule has 1 aliphatic rings. The Morgan fingerprint density at radius 3 is 2.35 bits per heavy atom. The Labute approximate surface area is 154 Å². The molecule has 0 bridgehead atoms. The van der Waals surface area contributed by atoms with Gasteiger partial charge in [0.2, 0.25) is 5.91 Å². The Morgan fingerprint density at radius 1 is 1.15 bits per heavy atom. The first kappa shape index (κ1) is 19.9. The number of alkyl carbamates (subject to hydrolysis) is 1. The van der Waals surface area contributed by atoms with Gasteiger partial charge < -0.3 is 10.1 Å². The van der Waals surface area contributed by atoms with E-state index in [0.29, 0.717) is 5.56 Å². The van der Waals surface area contributed by atoms with E-state index in [1.807, 2.05) is 26.8 Å². The standard InChI is InChI=1S/C20H28N2O4/c1-19(2,3)15(21-18(25)26-20(4,5)6)12-22-16(23)11-13-9-7-8-10-14(13)17(22)24/h7-10,15H,11-12H2,1-6H3,(H,21,25)/t15-/m0/s1. The maximum Gasteiger partial charge on any atom is 0.407 e. The van der Waals surface area contributed by atoms with Crippen molar-refractivity contribution in [2.24, 2.45) is 5.41 Å². The summed E-state index contributed by atoms with van der Waals surface area (Å²) in [6, 6.07) is 6.69. The zero-order chi connectivity index (χ0) is 19.7. The fraction of sp³-hybridized carbons (Fsp3) is 0.550. The molecule has 6 heteroatoms. The highest BCUT2D eigenvalue weighted by Crippen LogP contribution is 2.25. The van der Waals surface area contributed by atoms with Crippen LogP contribution < -0.4 is 5.32 Å². The number of carbonyl (C=O) groups is 3. The number of rotatable bonds is 3. The monoisotopic (exact) mass is 360 g/mol. The molecule has 142 valence electrons. The second-order valence-corrected chi connectivity index (χ2v) is 8.71. The molecule has 0 aromatic heterocycles. The van der Waals surface area contributed by atoms with Crippen LogP contribution in [0.15, 0.2) is 24.3 Å². The summed E-state index contributed by atoms with van der Waals surface area (Å²) in [6.07, 6.45) is -0.375. The Morgan fingerprint density at radius 2 is 1.77 bits per heavy atom. The molecule has 0 saturated carbocycles. The van der Waals surface area contributed by atoms with E-state index in [2.05, 4.69) is 5.32 Å². The fourth-order valence-corrected chi connectivity index (χ4v) is 2.75. The predicted octanol–water partition coefficient (Wildman–Crippen LogP) is 3.15. The molecule has 1 N–H and O–H groups in total. The summed E-state index contributed by atoms with van der Waals surface area (Å²) >= 11 is 0. The number of ether oxygens (including phenoxy) is 1. The van der Waals surface area contributed by atoms with E-state index >= 15 is 0 Å². The van der Waals surface area contributed by atoms with Gasteiger partial charge in [0.25, 0.3) is 5.91 Å². The van der Waals surface area contributed by atoms with Crippen molar-refractivity contribution in [2.45, 2.75) is 59.6 Å². The van der Waals surface area contributed by atoms with E-state index in [0.717, 1.165) is 5.56 Å². The summed E-state index contributed by atoms with van der Waals surface area (Å²) in [4.78, 5) is 38.7. The SMILES string of the molecule is CC(C)(C)OC(=O)N[C@@H](CN1C(=O)Cc2ccccc2C1=O)C(C)(C)C. The molecule has 0 radical (unpaired) electrons. The van der Waals surface area contributed by atoms with Gasteiger partial charge in [-0.25, -0.2) is 4.79 Å². The Balaban J connectivity index is 2.20. The minimum absolute atomic E-state index is 0.106. The van der Waals surface area contributed by atoms with E-state index in [9.17, 15) is 14.4 Å². The van der Waals surface area contributed by atoms with Crippen LogP contribution in [0.2, 0.25) is 0 Å². The largest absolute Gasteiger partial charge is 0.444 e. The van der Waals surface area contributed by atoms with Crippen LogP contribution in [0.3, 0.4) is 0 Å². The number of fused-ring (bicyclic) bond motifs is 1. The smallest absolute Gasteiger partial charge is 0.407 e. The molecule has 6 nitrogen and oxygen atoms in total. The quantitative estimate of drug-likeness (QED) is 0.840. The second kappa shape index (κ2) is 7.09. The topological polar surface area (TPSA) is 75.7 Å². The molecule has 0 saturated heterocycles. The third-order valence-electron chi connectivity index (χ3n) is 4.24. The summed E-state index contributed by atoms with van der Waals surface area (Å²) < 4.78 is 5.32. The molecule has 0 unspecified atom stereocenters. The molecule has 0 aliphatic carbocycles. The van der Waals surface area contributed by atoms with Gasteiger partial charge in [-0.1, -0.05) is 39.0 Å². The molecule has 1 atom stereocenters. The highest BCUT2D eigenvalue weighted by molar-refractivity contribution is 6.09. The van der Waals surface area contributed by atoms with Crippen molar-refractivity contribution in [1.29, 1.82) is 0 Å². The molecule has 2 rings (SSSR count). The number of nitrogens with one attached hydrogen (secondary N) is 1. The van der Waals surface area contributed by atoms with Gasteiger partial charge in [-0.3, -0.25) is 14.5 Å². The van der Waals surface area contributed by atoms with Gasteiger partial charge in [-0.05, 0) is 37.8 Å². The minimum Gasteiger partial charge on any atom is -0.444 e. The molecule has 26 heavy (non-hydrogen) atoms. The summed E-state index contributed by atoms with van der Waals surface area (Å²) in [5.41, 5.74) is 0.291. The van der Waals surface area contributed by atoms with Crippen molar-refractivity contribution in [3.63, 3.8) is 0 Å². The van der Waals surface area contributed by atoms with E-state index < -0.39 is 17.7 Å². The number of imide groups is 1. The molecule has 1 heterocycles. The molecule has 0 fully saturated rings. The molecule has 0 spiro atoms. The number of hydrogen-bond acceptors (Lipinski definition) is 4. The zero-order valence-corrected chi connectivity index (χ0v) is 16.4. The molecule has 1 aliphatic heterocycles. The summed E-state index contributed by atoms with van der Waals surface area (Å²) in [6.45, 7) is 11.3. The maximum atomic E-state index is 12.8. The summed E-state index contributed by atoms with van der Waals surface area (Å²) in [7, 11) is 0. The first-order valence-corrected chi connectivity index (χ1v) is 8.80. The van der Waals surface area contributed by atoms with Gasteiger partial charge in [-0.15, -0.1) is 0 Å². The Hall–Kier alpha value is -2.37. The molecular formula is C20H28N2O4. The first-order valence-electron chi connectivity index (χ1n) is 8.80. The van der Waals surface area contributed by atoms with Gasteiger partial charge in [0.1, 0.15) is 5.60 Å². The van der Waals surface area contributed by atoms with Crippen molar-refractivity contribution >= 4 is 17.9 Å². The van der Waals surface area contributed by atoms with Crippen LogP contribution >= 0.6 is 0 Å². The number of nitrogens with zero attached hydrogens (tertiary/aromatic N) is 1. The van der Waals surface area contributed by atoms with E-state index in [1.54, 1.807) is 39.0 Å². The van der Waals surface area contributed by atoms with Gasteiger partial charge in [0, 0.05) is 12.1 Å².